The van der Waals surface area contributed by atoms with Gasteiger partial charge in [0.15, 0.2) is 0 Å². The average Bonchev–Trinajstić information content (AvgIpc) is 3.08. The van der Waals surface area contributed by atoms with Gasteiger partial charge in [-0.2, -0.15) is 0 Å². The zero-order chi connectivity index (χ0) is 23.3. The van der Waals surface area contributed by atoms with Gasteiger partial charge in [-0.1, -0.05) is 65.3 Å². The number of allylic oxidation sites excluding steroid dienone is 4. The number of ether oxygens (including phenoxy) is 1. The van der Waals surface area contributed by atoms with Crippen LogP contribution in [0.1, 0.15) is 99.8 Å². The van der Waals surface area contributed by atoms with E-state index in [9.17, 15) is 4.79 Å². The Balaban J connectivity index is 1.48. The van der Waals surface area contributed by atoms with Gasteiger partial charge in [0.1, 0.15) is 6.10 Å². The highest BCUT2D eigenvalue weighted by atomic mass is 16.5. The second-order valence-electron chi connectivity index (χ2n) is 12.8. The van der Waals surface area contributed by atoms with Crippen molar-refractivity contribution in [3.05, 3.63) is 23.8 Å². The number of fused-ring (bicyclic) bond motifs is 5. The predicted octanol–water partition coefficient (Wildman–Crippen LogP) is 7.98. The SMILES string of the molecule is CC(=O)O[C@H]1CCC2(C)C(CCC3C4=CC[C@H]([C@H](C)/C=C/[C@H](C)C(C)C)C4(C)CCC32)C1. The van der Waals surface area contributed by atoms with Crippen molar-refractivity contribution in [2.75, 3.05) is 0 Å². The van der Waals surface area contributed by atoms with Gasteiger partial charge in [-0.3, -0.25) is 4.79 Å². The topological polar surface area (TPSA) is 26.3 Å². The number of hydrogen-bond donors (Lipinski definition) is 0. The molecule has 0 heterocycles. The molecule has 0 N–H and O–H groups in total. The van der Waals surface area contributed by atoms with Crippen molar-refractivity contribution in [3.8, 4) is 0 Å². The number of esters is 1. The van der Waals surface area contributed by atoms with Crippen LogP contribution in [0.3, 0.4) is 0 Å². The molecule has 0 radical (unpaired) electrons. The Hall–Kier alpha value is -1.05. The lowest BCUT2D eigenvalue weighted by Crippen LogP contribution is -2.52. The Morgan fingerprint density at radius 1 is 1.06 bits per heavy atom. The fourth-order valence-electron chi connectivity index (χ4n) is 8.43. The van der Waals surface area contributed by atoms with E-state index in [0.717, 1.165) is 36.5 Å². The van der Waals surface area contributed by atoms with Crippen LogP contribution in [0.25, 0.3) is 0 Å². The molecule has 3 saturated carbocycles. The first-order valence-electron chi connectivity index (χ1n) is 13.6. The Morgan fingerprint density at radius 2 is 1.81 bits per heavy atom. The molecule has 4 aliphatic carbocycles. The van der Waals surface area contributed by atoms with E-state index in [4.69, 9.17) is 4.74 Å². The van der Waals surface area contributed by atoms with E-state index in [1.807, 2.05) is 5.57 Å². The molecule has 0 amide bonds. The molecule has 0 aromatic rings. The molecule has 0 aliphatic heterocycles. The molecule has 9 atom stereocenters. The fraction of sp³-hybridized carbons (Fsp3) is 0.833. The molecular weight excluding hydrogens is 392 g/mol. The highest BCUT2D eigenvalue weighted by molar-refractivity contribution is 5.66. The third-order valence-corrected chi connectivity index (χ3v) is 10.8. The summed E-state index contributed by atoms with van der Waals surface area (Å²) in [5.74, 6) is 5.02. The van der Waals surface area contributed by atoms with E-state index < -0.39 is 0 Å². The average molecular weight is 441 g/mol. The summed E-state index contributed by atoms with van der Waals surface area (Å²) in [7, 11) is 0. The Kier molecular flexibility index (Phi) is 6.74. The largest absolute Gasteiger partial charge is 0.463 e. The minimum atomic E-state index is -0.103. The second kappa shape index (κ2) is 8.95. The van der Waals surface area contributed by atoms with Gasteiger partial charge in [0.05, 0.1) is 0 Å². The number of carbonyl (C=O) groups excluding carboxylic acids is 1. The van der Waals surface area contributed by atoms with Crippen LogP contribution in [-0.2, 0) is 9.53 Å². The van der Waals surface area contributed by atoms with Crippen molar-refractivity contribution >= 4 is 5.97 Å². The highest BCUT2D eigenvalue weighted by Gasteiger charge is 2.58. The fourth-order valence-corrected chi connectivity index (χ4v) is 8.43. The lowest BCUT2D eigenvalue weighted by Gasteiger charge is -2.60. The second-order valence-corrected chi connectivity index (χ2v) is 12.8. The summed E-state index contributed by atoms with van der Waals surface area (Å²) in [6.07, 6.45) is 17.9. The molecule has 0 bridgehead atoms. The van der Waals surface area contributed by atoms with Gasteiger partial charge in [-0.05, 0) is 104 Å². The van der Waals surface area contributed by atoms with Crippen molar-refractivity contribution in [2.24, 2.45) is 52.3 Å². The molecule has 0 spiro atoms. The van der Waals surface area contributed by atoms with Crippen molar-refractivity contribution in [2.45, 2.75) is 106 Å². The molecule has 4 rings (SSSR count). The first-order chi connectivity index (χ1) is 15.1. The molecule has 180 valence electrons. The molecule has 2 heteroatoms. The molecule has 4 aliphatic rings. The van der Waals surface area contributed by atoms with E-state index in [1.54, 1.807) is 6.92 Å². The third kappa shape index (κ3) is 4.14. The van der Waals surface area contributed by atoms with Crippen molar-refractivity contribution < 1.29 is 9.53 Å². The van der Waals surface area contributed by atoms with Gasteiger partial charge in [0.2, 0.25) is 0 Å². The molecular formula is C30H48O2. The Labute approximate surface area is 197 Å². The van der Waals surface area contributed by atoms with Gasteiger partial charge >= 0.3 is 5.97 Å². The van der Waals surface area contributed by atoms with Gasteiger partial charge in [-0.15, -0.1) is 0 Å². The van der Waals surface area contributed by atoms with E-state index in [-0.39, 0.29) is 12.1 Å². The summed E-state index contributed by atoms with van der Waals surface area (Å²) < 4.78 is 5.64. The molecule has 32 heavy (non-hydrogen) atoms. The van der Waals surface area contributed by atoms with E-state index in [1.165, 1.54) is 38.5 Å². The number of carbonyl (C=O) groups is 1. The molecule has 0 saturated heterocycles. The Morgan fingerprint density at radius 3 is 2.50 bits per heavy atom. The molecule has 5 unspecified atom stereocenters. The first kappa shape index (κ1) is 24.1. The van der Waals surface area contributed by atoms with Crippen LogP contribution in [-0.4, -0.2) is 12.1 Å². The van der Waals surface area contributed by atoms with Gasteiger partial charge in [-0.25, -0.2) is 0 Å². The van der Waals surface area contributed by atoms with Crippen molar-refractivity contribution in [1.82, 2.24) is 0 Å². The minimum Gasteiger partial charge on any atom is -0.463 e. The van der Waals surface area contributed by atoms with Crippen LogP contribution < -0.4 is 0 Å². The number of rotatable bonds is 5. The van der Waals surface area contributed by atoms with Gasteiger partial charge in [0.25, 0.3) is 0 Å². The molecule has 0 aromatic carbocycles. The van der Waals surface area contributed by atoms with Crippen LogP contribution in [0.2, 0.25) is 0 Å². The predicted molar refractivity (Wildman–Crippen MR) is 133 cm³/mol. The first-order valence-corrected chi connectivity index (χ1v) is 13.6. The highest BCUT2D eigenvalue weighted by Crippen LogP contribution is 2.66. The van der Waals surface area contributed by atoms with E-state index in [2.05, 4.69) is 59.8 Å². The maximum atomic E-state index is 11.5. The maximum Gasteiger partial charge on any atom is 0.302 e. The Bertz CT molecular complexity index is 763. The van der Waals surface area contributed by atoms with Crippen LogP contribution in [0.5, 0.6) is 0 Å². The standard InChI is InChI=1S/C30H48O2/c1-19(2)20(3)8-9-21(4)26-12-13-27-25-11-10-23-18-24(32-22(5)31)14-16-29(23,6)28(25)15-17-30(26,27)7/h8-9,13,19-21,23-26,28H,10-12,14-18H2,1-7H3/b9-8+/t20-,21+,23?,24-,25?,26+,28?,29?,30?/m0/s1. The van der Waals surface area contributed by atoms with Gasteiger partial charge in [0, 0.05) is 6.92 Å². The van der Waals surface area contributed by atoms with Crippen LogP contribution in [0.4, 0.5) is 0 Å². The summed E-state index contributed by atoms with van der Waals surface area (Å²) in [5, 5.41) is 0. The lowest BCUT2D eigenvalue weighted by atomic mass is 9.45. The zero-order valence-electron chi connectivity index (χ0n) is 21.8. The lowest BCUT2D eigenvalue weighted by molar-refractivity contribution is -0.155. The molecule has 0 aromatic heterocycles. The minimum absolute atomic E-state index is 0.103. The van der Waals surface area contributed by atoms with Crippen LogP contribution in [0, 0.1) is 52.3 Å². The summed E-state index contributed by atoms with van der Waals surface area (Å²) >= 11 is 0. The van der Waals surface area contributed by atoms with Gasteiger partial charge < -0.3 is 4.74 Å². The summed E-state index contributed by atoms with van der Waals surface area (Å²) in [5.41, 5.74) is 2.65. The smallest absolute Gasteiger partial charge is 0.302 e. The van der Waals surface area contributed by atoms with E-state index in [0.29, 0.717) is 28.6 Å². The van der Waals surface area contributed by atoms with Crippen LogP contribution >= 0.6 is 0 Å². The number of hydrogen-bond acceptors (Lipinski definition) is 2. The van der Waals surface area contributed by atoms with Crippen molar-refractivity contribution in [1.29, 1.82) is 0 Å². The maximum absolute atomic E-state index is 11.5. The molecule has 2 nitrogen and oxygen atoms in total. The summed E-state index contributed by atoms with van der Waals surface area (Å²) in [6, 6.07) is 0. The quantitative estimate of drug-likeness (QED) is 0.320. The summed E-state index contributed by atoms with van der Waals surface area (Å²) in [4.78, 5) is 11.5. The molecule has 3 fully saturated rings. The zero-order valence-corrected chi connectivity index (χ0v) is 21.8. The summed E-state index contributed by atoms with van der Waals surface area (Å²) in [6.45, 7) is 16.2. The van der Waals surface area contributed by atoms with E-state index >= 15 is 0 Å². The monoisotopic (exact) mass is 440 g/mol. The third-order valence-electron chi connectivity index (χ3n) is 10.8. The normalized spacial score (nSPS) is 43.2. The van der Waals surface area contributed by atoms with Crippen molar-refractivity contribution in [3.63, 3.8) is 0 Å². The van der Waals surface area contributed by atoms with Crippen LogP contribution in [0.15, 0.2) is 23.8 Å².